The normalized spacial score (nSPS) is 32.6. The third kappa shape index (κ3) is 2.65. The van der Waals surface area contributed by atoms with Gasteiger partial charge in [-0.15, -0.1) is 0 Å². The molecule has 0 spiro atoms. The van der Waals surface area contributed by atoms with Crippen LogP contribution in [-0.4, -0.2) is 41.1 Å². The molecule has 2 amide bonds. The SMILES string of the molecule is CC1CC1NC(=O)N1CCC(CC(=O)O)C1. The monoisotopic (exact) mass is 226 g/mol. The average molecular weight is 226 g/mol. The molecule has 0 aromatic carbocycles. The summed E-state index contributed by atoms with van der Waals surface area (Å²) >= 11 is 0. The highest BCUT2D eigenvalue weighted by Crippen LogP contribution is 2.29. The molecule has 2 aliphatic rings. The van der Waals surface area contributed by atoms with Crippen molar-refractivity contribution in [3.8, 4) is 0 Å². The van der Waals surface area contributed by atoms with Crippen LogP contribution in [0.2, 0.25) is 0 Å². The predicted octanol–water partition coefficient (Wildman–Crippen LogP) is 0.901. The van der Waals surface area contributed by atoms with Gasteiger partial charge in [-0.2, -0.15) is 0 Å². The van der Waals surface area contributed by atoms with Crippen molar-refractivity contribution in [3.05, 3.63) is 0 Å². The summed E-state index contributed by atoms with van der Waals surface area (Å²) in [5.41, 5.74) is 0. The number of urea groups is 1. The maximum absolute atomic E-state index is 11.7. The van der Waals surface area contributed by atoms with E-state index in [4.69, 9.17) is 5.11 Å². The molecule has 5 heteroatoms. The molecule has 1 saturated carbocycles. The van der Waals surface area contributed by atoms with Crippen molar-refractivity contribution in [3.63, 3.8) is 0 Å². The minimum Gasteiger partial charge on any atom is -0.481 e. The molecule has 2 rings (SSSR count). The Labute approximate surface area is 94.8 Å². The van der Waals surface area contributed by atoms with Gasteiger partial charge in [0.1, 0.15) is 0 Å². The molecule has 0 bridgehead atoms. The number of amides is 2. The van der Waals surface area contributed by atoms with E-state index in [0.29, 0.717) is 25.0 Å². The van der Waals surface area contributed by atoms with Crippen molar-refractivity contribution in [1.29, 1.82) is 0 Å². The number of hydrogen-bond acceptors (Lipinski definition) is 2. The smallest absolute Gasteiger partial charge is 0.317 e. The zero-order valence-corrected chi connectivity index (χ0v) is 9.48. The van der Waals surface area contributed by atoms with Crippen LogP contribution >= 0.6 is 0 Å². The summed E-state index contributed by atoms with van der Waals surface area (Å²) < 4.78 is 0. The number of nitrogens with one attached hydrogen (secondary N) is 1. The Hall–Kier alpha value is -1.26. The van der Waals surface area contributed by atoms with Gasteiger partial charge in [-0.3, -0.25) is 4.79 Å². The average Bonchev–Trinajstić information content (AvgIpc) is 2.72. The molecule has 16 heavy (non-hydrogen) atoms. The summed E-state index contributed by atoms with van der Waals surface area (Å²) in [6, 6.07) is 0.313. The Morgan fingerprint density at radius 2 is 2.19 bits per heavy atom. The van der Waals surface area contributed by atoms with Gasteiger partial charge in [-0.25, -0.2) is 4.79 Å². The molecule has 3 unspecified atom stereocenters. The maximum atomic E-state index is 11.7. The number of carbonyl (C=O) groups is 2. The molecule has 90 valence electrons. The van der Waals surface area contributed by atoms with Crippen LogP contribution in [0.1, 0.15) is 26.2 Å². The van der Waals surface area contributed by atoms with Gasteiger partial charge in [0.25, 0.3) is 0 Å². The van der Waals surface area contributed by atoms with Gasteiger partial charge in [0.05, 0.1) is 0 Å². The summed E-state index contributed by atoms with van der Waals surface area (Å²) in [7, 11) is 0. The van der Waals surface area contributed by atoms with Crippen LogP contribution in [0.15, 0.2) is 0 Å². The van der Waals surface area contributed by atoms with Crippen LogP contribution < -0.4 is 5.32 Å². The third-order valence-electron chi connectivity index (χ3n) is 3.45. The third-order valence-corrected chi connectivity index (χ3v) is 3.45. The Morgan fingerprint density at radius 3 is 2.75 bits per heavy atom. The number of aliphatic carboxylic acids is 1. The minimum atomic E-state index is -0.775. The zero-order chi connectivity index (χ0) is 11.7. The largest absolute Gasteiger partial charge is 0.481 e. The molecule has 1 aliphatic carbocycles. The summed E-state index contributed by atoms with van der Waals surface area (Å²) in [6.45, 7) is 3.38. The van der Waals surface area contributed by atoms with E-state index in [9.17, 15) is 9.59 Å². The lowest BCUT2D eigenvalue weighted by Crippen LogP contribution is -2.40. The number of carbonyl (C=O) groups excluding carboxylic acids is 1. The fourth-order valence-electron chi connectivity index (χ4n) is 2.20. The van der Waals surface area contributed by atoms with E-state index in [1.165, 1.54) is 0 Å². The Morgan fingerprint density at radius 1 is 1.50 bits per heavy atom. The second kappa shape index (κ2) is 4.31. The zero-order valence-electron chi connectivity index (χ0n) is 9.48. The molecule has 1 heterocycles. The van der Waals surface area contributed by atoms with E-state index in [2.05, 4.69) is 12.2 Å². The second-order valence-electron chi connectivity index (χ2n) is 4.97. The van der Waals surface area contributed by atoms with Crippen LogP contribution in [-0.2, 0) is 4.79 Å². The molecule has 3 atom stereocenters. The number of carboxylic acids is 1. The summed E-state index contributed by atoms with van der Waals surface area (Å²) in [5, 5.41) is 11.6. The fraction of sp³-hybridized carbons (Fsp3) is 0.818. The maximum Gasteiger partial charge on any atom is 0.317 e. The van der Waals surface area contributed by atoms with Gasteiger partial charge >= 0.3 is 12.0 Å². The molecule has 1 saturated heterocycles. The molecule has 5 nitrogen and oxygen atoms in total. The standard InChI is InChI=1S/C11H18N2O3/c1-7-4-9(7)12-11(16)13-3-2-8(6-13)5-10(14)15/h7-9H,2-6H2,1H3,(H,12,16)(H,14,15). The highest BCUT2D eigenvalue weighted by atomic mass is 16.4. The quantitative estimate of drug-likeness (QED) is 0.751. The van der Waals surface area contributed by atoms with Crippen molar-refractivity contribution >= 4 is 12.0 Å². The van der Waals surface area contributed by atoms with Crippen LogP contribution in [0.4, 0.5) is 4.79 Å². The van der Waals surface area contributed by atoms with Crippen molar-refractivity contribution in [1.82, 2.24) is 10.2 Å². The number of carboxylic acid groups (broad SMARTS) is 1. The van der Waals surface area contributed by atoms with E-state index in [-0.39, 0.29) is 18.4 Å². The van der Waals surface area contributed by atoms with Gasteiger partial charge in [0.2, 0.25) is 0 Å². The van der Waals surface area contributed by atoms with Gasteiger partial charge in [0.15, 0.2) is 0 Å². The van der Waals surface area contributed by atoms with E-state index in [0.717, 1.165) is 12.8 Å². The topological polar surface area (TPSA) is 69.6 Å². The number of rotatable bonds is 3. The van der Waals surface area contributed by atoms with E-state index < -0.39 is 5.97 Å². The first kappa shape index (κ1) is 11.2. The van der Waals surface area contributed by atoms with Crippen molar-refractivity contribution < 1.29 is 14.7 Å². The molecule has 2 N–H and O–H groups in total. The summed E-state index contributed by atoms with van der Waals surface area (Å²) in [5.74, 6) is -0.0516. The van der Waals surface area contributed by atoms with E-state index in [1.54, 1.807) is 4.90 Å². The molecule has 0 aromatic heterocycles. The second-order valence-corrected chi connectivity index (χ2v) is 4.97. The predicted molar refractivity (Wildman–Crippen MR) is 58.0 cm³/mol. The van der Waals surface area contributed by atoms with Crippen LogP contribution in [0.3, 0.4) is 0 Å². The first-order valence-corrected chi connectivity index (χ1v) is 5.83. The Balaban J connectivity index is 1.74. The number of hydrogen-bond donors (Lipinski definition) is 2. The van der Waals surface area contributed by atoms with Crippen molar-refractivity contribution in [2.24, 2.45) is 11.8 Å². The summed E-state index contributed by atoms with van der Waals surface area (Å²) in [6.07, 6.45) is 2.04. The minimum absolute atomic E-state index is 0.0257. The lowest BCUT2D eigenvalue weighted by atomic mass is 10.1. The summed E-state index contributed by atoms with van der Waals surface area (Å²) in [4.78, 5) is 24.0. The Kier molecular flexibility index (Phi) is 3.03. The van der Waals surface area contributed by atoms with Crippen molar-refractivity contribution in [2.75, 3.05) is 13.1 Å². The molecular weight excluding hydrogens is 208 g/mol. The fourth-order valence-corrected chi connectivity index (χ4v) is 2.20. The van der Waals surface area contributed by atoms with Crippen LogP contribution in [0, 0.1) is 11.8 Å². The van der Waals surface area contributed by atoms with Crippen molar-refractivity contribution in [2.45, 2.75) is 32.2 Å². The number of nitrogens with zero attached hydrogens (tertiary/aromatic N) is 1. The first-order valence-electron chi connectivity index (χ1n) is 5.83. The lowest BCUT2D eigenvalue weighted by molar-refractivity contribution is -0.138. The highest BCUT2D eigenvalue weighted by Gasteiger charge is 2.36. The molecule has 1 aliphatic heterocycles. The molecule has 0 aromatic rings. The van der Waals surface area contributed by atoms with Gasteiger partial charge in [-0.1, -0.05) is 6.92 Å². The van der Waals surface area contributed by atoms with Crippen LogP contribution in [0.5, 0.6) is 0 Å². The molecular formula is C11H18N2O3. The molecule has 0 radical (unpaired) electrons. The number of likely N-dealkylation sites (tertiary alicyclic amines) is 1. The van der Waals surface area contributed by atoms with Gasteiger partial charge in [0, 0.05) is 25.6 Å². The van der Waals surface area contributed by atoms with E-state index in [1.807, 2.05) is 0 Å². The first-order chi connectivity index (χ1) is 7.56. The van der Waals surface area contributed by atoms with Gasteiger partial charge < -0.3 is 15.3 Å². The molecule has 2 fully saturated rings. The highest BCUT2D eigenvalue weighted by molar-refractivity contribution is 5.75. The van der Waals surface area contributed by atoms with Gasteiger partial charge in [-0.05, 0) is 24.7 Å². The Bertz CT molecular complexity index is 306. The lowest BCUT2D eigenvalue weighted by Gasteiger charge is -2.17. The van der Waals surface area contributed by atoms with E-state index >= 15 is 0 Å². The van der Waals surface area contributed by atoms with Crippen LogP contribution in [0.25, 0.3) is 0 Å².